The molecule has 2 bridgehead atoms. The summed E-state index contributed by atoms with van der Waals surface area (Å²) < 4.78 is 10.2. The van der Waals surface area contributed by atoms with Crippen LogP contribution in [0, 0.1) is 11.8 Å². The molecular formula is C15H20O4. The zero-order valence-corrected chi connectivity index (χ0v) is 11.9. The summed E-state index contributed by atoms with van der Waals surface area (Å²) in [6.07, 6.45) is 0.806. The van der Waals surface area contributed by atoms with E-state index >= 15 is 0 Å². The number of carbonyl (C=O) groups is 2. The molecule has 2 aliphatic rings. The summed E-state index contributed by atoms with van der Waals surface area (Å²) in [5.41, 5.74) is 3.43. The van der Waals surface area contributed by atoms with Gasteiger partial charge in [-0.25, -0.2) is 9.59 Å². The van der Waals surface area contributed by atoms with Crippen molar-refractivity contribution in [2.45, 2.75) is 34.1 Å². The lowest BCUT2D eigenvalue weighted by Crippen LogP contribution is -2.22. The van der Waals surface area contributed by atoms with Crippen LogP contribution in [0.5, 0.6) is 0 Å². The van der Waals surface area contributed by atoms with Crippen LogP contribution in [0.1, 0.15) is 34.1 Å². The van der Waals surface area contributed by atoms with E-state index in [-0.39, 0.29) is 23.8 Å². The summed E-state index contributed by atoms with van der Waals surface area (Å²) in [4.78, 5) is 24.2. The van der Waals surface area contributed by atoms with Crippen molar-refractivity contribution in [2.75, 3.05) is 13.2 Å². The van der Waals surface area contributed by atoms with Gasteiger partial charge in [-0.05, 0) is 34.1 Å². The molecule has 104 valence electrons. The highest BCUT2D eigenvalue weighted by atomic mass is 16.5. The number of carbonyl (C=O) groups excluding carboxylic acids is 2. The lowest BCUT2D eigenvalue weighted by Gasteiger charge is -2.20. The first-order valence-electron chi connectivity index (χ1n) is 6.78. The van der Waals surface area contributed by atoms with Gasteiger partial charge in [0.05, 0.1) is 24.4 Å². The number of ether oxygens (including phenoxy) is 2. The number of hydrogen-bond acceptors (Lipinski definition) is 4. The highest BCUT2D eigenvalue weighted by molar-refractivity contribution is 6.03. The van der Waals surface area contributed by atoms with Gasteiger partial charge in [-0.2, -0.15) is 0 Å². The van der Waals surface area contributed by atoms with E-state index in [1.807, 2.05) is 13.8 Å². The van der Waals surface area contributed by atoms with Crippen LogP contribution < -0.4 is 0 Å². The first-order chi connectivity index (χ1) is 9.02. The summed E-state index contributed by atoms with van der Waals surface area (Å²) in [7, 11) is 0. The van der Waals surface area contributed by atoms with Gasteiger partial charge in [-0.15, -0.1) is 0 Å². The minimum Gasteiger partial charge on any atom is -0.463 e. The van der Waals surface area contributed by atoms with E-state index in [1.165, 1.54) is 11.1 Å². The Labute approximate surface area is 113 Å². The van der Waals surface area contributed by atoms with Crippen LogP contribution in [0.2, 0.25) is 0 Å². The molecule has 2 aliphatic carbocycles. The third-order valence-electron chi connectivity index (χ3n) is 4.12. The number of rotatable bonds is 4. The predicted molar refractivity (Wildman–Crippen MR) is 70.3 cm³/mol. The molecule has 0 saturated carbocycles. The second kappa shape index (κ2) is 5.19. The summed E-state index contributed by atoms with van der Waals surface area (Å²) in [5.74, 6) is -0.679. The van der Waals surface area contributed by atoms with Crippen molar-refractivity contribution < 1.29 is 19.1 Å². The molecule has 0 saturated heterocycles. The second-order valence-corrected chi connectivity index (χ2v) is 4.98. The summed E-state index contributed by atoms with van der Waals surface area (Å²) in [6.45, 7) is 8.23. The monoisotopic (exact) mass is 264 g/mol. The standard InChI is InChI=1S/C15H20O4/c1-5-18-14(16)12-10-7-11(9(4)8(10)3)13(12)15(17)19-6-2/h10-11H,5-7H2,1-4H3. The van der Waals surface area contributed by atoms with Crippen LogP contribution in [-0.2, 0) is 19.1 Å². The molecule has 0 N–H and O–H groups in total. The van der Waals surface area contributed by atoms with Gasteiger partial charge in [-0.3, -0.25) is 0 Å². The van der Waals surface area contributed by atoms with E-state index in [0.717, 1.165) is 6.42 Å². The molecule has 0 aliphatic heterocycles. The number of esters is 2. The molecule has 0 aromatic rings. The Morgan fingerprint density at radius 2 is 1.32 bits per heavy atom. The van der Waals surface area contributed by atoms with Crippen molar-refractivity contribution in [1.29, 1.82) is 0 Å². The Morgan fingerprint density at radius 3 is 1.63 bits per heavy atom. The smallest absolute Gasteiger partial charge is 0.335 e. The summed E-state index contributed by atoms with van der Waals surface area (Å²) in [6, 6.07) is 0. The first-order valence-corrected chi connectivity index (χ1v) is 6.78. The van der Waals surface area contributed by atoms with Crippen LogP contribution in [0.3, 0.4) is 0 Å². The SMILES string of the molecule is CCOC(=O)C1=C(C(=O)OCC)C2CC1C(C)=C2C. The molecule has 4 heteroatoms. The number of allylic oxidation sites excluding steroid dienone is 2. The van der Waals surface area contributed by atoms with Gasteiger partial charge in [0.15, 0.2) is 0 Å². The van der Waals surface area contributed by atoms with E-state index in [9.17, 15) is 9.59 Å². The first kappa shape index (κ1) is 13.8. The van der Waals surface area contributed by atoms with Crippen LogP contribution in [0.25, 0.3) is 0 Å². The van der Waals surface area contributed by atoms with Gasteiger partial charge in [-0.1, -0.05) is 11.1 Å². The fraction of sp³-hybridized carbons (Fsp3) is 0.600. The Kier molecular flexibility index (Phi) is 3.78. The maximum Gasteiger partial charge on any atom is 0.335 e. The van der Waals surface area contributed by atoms with Crippen molar-refractivity contribution >= 4 is 11.9 Å². The average molecular weight is 264 g/mol. The molecule has 2 atom stereocenters. The highest BCUT2D eigenvalue weighted by Crippen LogP contribution is 2.52. The van der Waals surface area contributed by atoms with Gasteiger partial charge >= 0.3 is 11.9 Å². The number of fused-ring (bicyclic) bond motifs is 2. The Balaban J connectivity index is 2.40. The van der Waals surface area contributed by atoms with Crippen LogP contribution in [0.15, 0.2) is 22.3 Å². The van der Waals surface area contributed by atoms with Gasteiger partial charge < -0.3 is 9.47 Å². The molecule has 0 amide bonds. The quantitative estimate of drug-likeness (QED) is 0.578. The molecular weight excluding hydrogens is 244 g/mol. The third-order valence-corrected chi connectivity index (χ3v) is 4.12. The van der Waals surface area contributed by atoms with Crippen LogP contribution in [0.4, 0.5) is 0 Å². The van der Waals surface area contributed by atoms with Crippen molar-refractivity contribution in [3.05, 3.63) is 22.3 Å². The van der Waals surface area contributed by atoms with Gasteiger partial charge in [0.2, 0.25) is 0 Å². The largest absolute Gasteiger partial charge is 0.463 e. The van der Waals surface area contributed by atoms with E-state index in [0.29, 0.717) is 24.4 Å². The average Bonchev–Trinajstić information content (AvgIpc) is 2.88. The maximum absolute atomic E-state index is 12.1. The van der Waals surface area contributed by atoms with Gasteiger partial charge in [0.25, 0.3) is 0 Å². The summed E-state index contributed by atoms with van der Waals surface area (Å²) >= 11 is 0. The minimum atomic E-state index is -0.370. The van der Waals surface area contributed by atoms with Crippen LogP contribution >= 0.6 is 0 Å². The maximum atomic E-state index is 12.1. The molecule has 0 radical (unpaired) electrons. The van der Waals surface area contributed by atoms with E-state index < -0.39 is 0 Å². The predicted octanol–water partition coefficient (Wildman–Crippen LogP) is 2.40. The zero-order valence-electron chi connectivity index (χ0n) is 11.9. The van der Waals surface area contributed by atoms with E-state index in [2.05, 4.69) is 0 Å². The number of hydrogen-bond donors (Lipinski definition) is 0. The van der Waals surface area contributed by atoms with Crippen molar-refractivity contribution in [3.8, 4) is 0 Å². The van der Waals surface area contributed by atoms with E-state index in [1.54, 1.807) is 13.8 Å². The normalized spacial score (nSPS) is 25.1. The van der Waals surface area contributed by atoms with E-state index in [4.69, 9.17) is 9.47 Å². The zero-order chi connectivity index (χ0) is 14.2. The van der Waals surface area contributed by atoms with Crippen molar-refractivity contribution in [3.63, 3.8) is 0 Å². The molecule has 0 aromatic heterocycles. The molecule has 2 unspecified atom stereocenters. The second-order valence-electron chi connectivity index (χ2n) is 4.98. The molecule has 0 heterocycles. The van der Waals surface area contributed by atoms with Crippen LogP contribution in [-0.4, -0.2) is 25.2 Å². The topological polar surface area (TPSA) is 52.6 Å². The molecule has 0 fully saturated rings. The Morgan fingerprint density at radius 1 is 0.947 bits per heavy atom. The molecule has 2 rings (SSSR count). The molecule has 0 aromatic carbocycles. The molecule has 19 heavy (non-hydrogen) atoms. The minimum absolute atomic E-state index is 0.0310. The highest BCUT2D eigenvalue weighted by Gasteiger charge is 2.48. The van der Waals surface area contributed by atoms with Gasteiger partial charge in [0, 0.05) is 11.8 Å². The lowest BCUT2D eigenvalue weighted by molar-refractivity contribution is -0.142. The van der Waals surface area contributed by atoms with Crippen molar-refractivity contribution in [1.82, 2.24) is 0 Å². The molecule has 4 nitrogen and oxygen atoms in total. The lowest BCUT2D eigenvalue weighted by atomic mass is 9.87. The third kappa shape index (κ3) is 2.09. The summed E-state index contributed by atoms with van der Waals surface area (Å²) in [5, 5.41) is 0. The Hall–Kier alpha value is -1.58. The molecule has 0 spiro atoms. The van der Waals surface area contributed by atoms with Gasteiger partial charge in [0.1, 0.15) is 0 Å². The Bertz CT molecular complexity index is 442. The van der Waals surface area contributed by atoms with Crippen molar-refractivity contribution in [2.24, 2.45) is 11.8 Å². The fourth-order valence-corrected chi connectivity index (χ4v) is 3.11. The fourth-order valence-electron chi connectivity index (χ4n) is 3.11.